The minimum Gasteiger partial charge on any atom is -0.355 e. The summed E-state index contributed by atoms with van der Waals surface area (Å²) in [6.45, 7) is 1.02. The first-order valence-corrected chi connectivity index (χ1v) is 5.79. The molecule has 82 valence electrons. The van der Waals surface area contributed by atoms with Crippen molar-refractivity contribution in [3.05, 3.63) is 23.5 Å². The van der Waals surface area contributed by atoms with E-state index in [2.05, 4.69) is 9.88 Å². The molecule has 0 aromatic carbocycles. The summed E-state index contributed by atoms with van der Waals surface area (Å²) in [5, 5.41) is 0.530. The van der Waals surface area contributed by atoms with E-state index in [0.29, 0.717) is 5.15 Å². The summed E-state index contributed by atoms with van der Waals surface area (Å²) in [6, 6.07) is 3.80. The Kier molecular flexibility index (Phi) is 3.44. The number of aromatic nitrogens is 1. The van der Waals surface area contributed by atoms with Crippen molar-refractivity contribution in [1.82, 2.24) is 4.98 Å². The molecule has 2 N–H and O–H groups in total. The molecule has 0 spiro atoms. The summed E-state index contributed by atoms with van der Waals surface area (Å²) in [6.07, 6.45) is 6.67. The van der Waals surface area contributed by atoms with Crippen LogP contribution < -0.4 is 10.6 Å². The van der Waals surface area contributed by atoms with E-state index in [-0.39, 0.29) is 6.17 Å². The molecular formula is C11H16ClN3. The molecule has 0 amide bonds. The monoisotopic (exact) mass is 225 g/mol. The zero-order valence-electron chi connectivity index (χ0n) is 8.69. The third-order valence-corrected chi connectivity index (χ3v) is 3.07. The molecular weight excluding hydrogens is 210 g/mol. The molecule has 15 heavy (non-hydrogen) atoms. The molecule has 0 radical (unpaired) electrons. The Bertz CT molecular complexity index is 312. The molecule has 1 unspecified atom stereocenters. The van der Waals surface area contributed by atoms with E-state index in [9.17, 15) is 0 Å². The lowest BCUT2D eigenvalue weighted by molar-refractivity contribution is 0.592. The molecule has 4 heteroatoms. The molecule has 0 bridgehead atoms. The average Bonchev–Trinajstić information content (AvgIpc) is 2.44. The normalized spacial score (nSPS) is 22.5. The molecule has 1 aromatic rings. The summed E-state index contributed by atoms with van der Waals surface area (Å²) < 4.78 is 0. The number of nitrogens with zero attached hydrogens (tertiary/aromatic N) is 2. The number of rotatable bonds is 1. The third kappa shape index (κ3) is 2.61. The lowest BCUT2D eigenvalue weighted by atomic mass is 10.2. The van der Waals surface area contributed by atoms with Gasteiger partial charge in [-0.25, -0.2) is 4.98 Å². The SMILES string of the molecule is NC1CCCCCN1c1ccc(Cl)nc1. The second kappa shape index (κ2) is 4.81. The third-order valence-electron chi connectivity index (χ3n) is 2.84. The van der Waals surface area contributed by atoms with Crippen LogP contribution in [0.15, 0.2) is 18.3 Å². The number of hydrogen-bond donors (Lipinski definition) is 1. The number of nitrogens with two attached hydrogens (primary N) is 1. The maximum absolute atomic E-state index is 6.11. The quantitative estimate of drug-likeness (QED) is 0.747. The minimum absolute atomic E-state index is 0.121. The molecule has 1 fully saturated rings. The summed E-state index contributed by atoms with van der Waals surface area (Å²) >= 11 is 5.76. The van der Waals surface area contributed by atoms with Gasteiger partial charge in [0.1, 0.15) is 5.15 Å². The molecule has 0 saturated carbocycles. The fourth-order valence-corrected chi connectivity index (χ4v) is 2.10. The van der Waals surface area contributed by atoms with E-state index >= 15 is 0 Å². The topological polar surface area (TPSA) is 42.1 Å². The van der Waals surface area contributed by atoms with Crippen LogP contribution >= 0.6 is 11.6 Å². The van der Waals surface area contributed by atoms with E-state index < -0.39 is 0 Å². The van der Waals surface area contributed by atoms with Crippen molar-refractivity contribution >= 4 is 17.3 Å². The van der Waals surface area contributed by atoms with Crippen molar-refractivity contribution in [3.63, 3.8) is 0 Å². The van der Waals surface area contributed by atoms with Crippen LogP contribution in [0, 0.1) is 0 Å². The van der Waals surface area contributed by atoms with Crippen LogP contribution in [0.2, 0.25) is 5.15 Å². The first-order chi connectivity index (χ1) is 7.27. The Balaban J connectivity index is 2.16. The van der Waals surface area contributed by atoms with E-state index in [1.807, 2.05) is 12.1 Å². The number of hydrogen-bond acceptors (Lipinski definition) is 3. The molecule has 1 aliphatic rings. The maximum Gasteiger partial charge on any atom is 0.129 e. The van der Waals surface area contributed by atoms with Crippen LogP contribution in [0.3, 0.4) is 0 Å². The highest BCUT2D eigenvalue weighted by Gasteiger charge is 2.17. The van der Waals surface area contributed by atoms with Crippen LogP contribution in [0.25, 0.3) is 0 Å². The fraction of sp³-hybridized carbons (Fsp3) is 0.545. The highest BCUT2D eigenvalue weighted by Crippen LogP contribution is 2.22. The highest BCUT2D eigenvalue weighted by molar-refractivity contribution is 6.29. The lowest BCUT2D eigenvalue weighted by Gasteiger charge is -2.28. The van der Waals surface area contributed by atoms with Gasteiger partial charge in [-0.3, -0.25) is 0 Å². The van der Waals surface area contributed by atoms with Gasteiger partial charge in [0, 0.05) is 6.54 Å². The van der Waals surface area contributed by atoms with Gasteiger partial charge in [-0.15, -0.1) is 0 Å². The van der Waals surface area contributed by atoms with Crippen molar-refractivity contribution in [1.29, 1.82) is 0 Å². The fourth-order valence-electron chi connectivity index (χ4n) is 1.99. The van der Waals surface area contributed by atoms with Gasteiger partial charge in [0.25, 0.3) is 0 Å². The molecule has 2 heterocycles. The van der Waals surface area contributed by atoms with Crippen LogP contribution in [-0.4, -0.2) is 17.7 Å². The Morgan fingerprint density at radius 3 is 2.93 bits per heavy atom. The van der Waals surface area contributed by atoms with Crippen LogP contribution in [0.4, 0.5) is 5.69 Å². The minimum atomic E-state index is 0.121. The first kappa shape index (κ1) is 10.7. The first-order valence-electron chi connectivity index (χ1n) is 5.41. The lowest BCUT2D eigenvalue weighted by Crippen LogP contribution is -2.41. The van der Waals surface area contributed by atoms with Crippen molar-refractivity contribution in [2.75, 3.05) is 11.4 Å². The van der Waals surface area contributed by atoms with Gasteiger partial charge in [-0.2, -0.15) is 0 Å². The largest absolute Gasteiger partial charge is 0.355 e. The van der Waals surface area contributed by atoms with Crippen molar-refractivity contribution in [2.24, 2.45) is 5.73 Å². The number of anilines is 1. The highest BCUT2D eigenvalue weighted by atomic mass is 35.5. The van der Waals surface area contributed by atoms with Gasteiger partial charge in [0.2, 0.25) is 0 Å². The Morgan fingerprint density at radius 2 is 2.20 bits per heavy atom. The van der Waals surface area contributed by atoms with Crippen LogP contribution in [0.1, 0.15) is 25.7 Å². The molecule has 3 nitrogen and oxygen atoms in total. The molecule has 0 aliphatic carbocycles. The summed E-state index contributed by atoms with van der Waals surface area (Å²) in [5.74, 6) is 0. The number of halogens is 1. The van der Waals surface area contributed by atoms with Crippen LogP contribution in [-0.2, 0) is 0 Å². The van der Waals surface area contributed by atoms with Gasteiger partial charge in [-0.05, 0) is 31.4 Å². The maximum atomic E-state index is 6.11. The Morgan fingerprint density at radius 1 is 1.33 bits per heavy atom. The molecule has 2 rings (SSSR count). The smallest absolute Gasteiger partial charge is 0.129 e. The number of pyridine rings is 1. The molecule has 1 saturated heterocycles. The van der Waals surface area contributed by atoms with E-state index in [1.165, 1.54) is 19.3 Å². The molecule has 1 aliphatic heterocycles. The van der Waals surface area contributed by atoms with Gasteiger partial charge in [-0.1, -0.05) is 18.0 Å². The van der Waals surface area contributed by atoms with Gasteiger partial charge >= 0.3 is 0 Å². The summed E-state index contributed by atoms with van der Waals surface area (Å²) in [5.41, 5.74) is 7.19. The summed E-state index contributed by atoms with van der Waals surface area (Å²) in [7, 11) is 0. The predicted molar refractivity (Wildman–Crippen MR) is 63.0 cm³/mol. The van der Waals surface area contributed by atoms with Crippen molar-refractivity contribution in [3.8, 4) is 0 Å². The average molecular weight is 226 g/mol. The standard InChI is InChI=1S/C11H16ClN3/c12-10-6-5-9(8-14-10)15-7-3-1-2-4-11(15)13/h5-6,8,11H,1-4,7,13H2. The van der Waals surface area contributed by atoms with Crippen LogP contribution in [0.5, 0.6) is 0 Å². The van der Waals surface area contributed by atoms with E-state index in [4.69, 9.17) is 17.3 Å². The zero-order chi connectivity index (χ0) is 10.7. The van der Waals surface area contributed by atoms with Gasteiger partial charge in [0.15, 0.2) is 0 Å². The van der Waals surface area contributed by atoms with Gasteiger partial charge < -0.3 is 10.6 Å². The zero-order valence-corrected chi connectivity index (χ0v) is 9.45. The second-order valence-corrected chi connectivity index (χ2v) is 4.34. The molecule has 1 aromatic heterocycles. The van der Waals surface area contributed by atoms with Crippen molar-refractivity contribution < 1.29 is 0 Å². The van der Waals surface area contributed by atoms with Crippen molar-refractivity contribution in [2.45, 2.75) is 31.8 Å². The Hall–Kier alpha value is -0.800. The predicted octanol–water partition coefficient (Wildman–Crippen LogP) is 2.40. The van der Waals surface area contributed by atoms with Gasteiger partial charge in [0.05, 0.1) is 18.1 Å². The van der Waals surface area contributed by atoms with E-state index in [0.717, 1.165) is 18.7 Å². The Labute approximate surface area is 95.2 Å². The molecule has 1 atom stereocenters. The van der Waals surface area contributed by atoms with E-state index in [1.54, 1.807) is 6.20 Å². The second-order valence-electron chi connectivity index (χ2n) is 3.95. The summed E-state index contributed by atoms with van der Waals surface area (Å²) in [4.78, 5) is 6.31.